The molecule has 2 aromatic rings. The topological polar surface area (TPSA) is 51.8 Å². The molecule has 2 aromatic heterocycles. The normalized spacial score (nSPS) is 10.6. The molecule has 0 saturated heterocycles. The highest BCUT2D eigenvalue weighted by Crippen LogP contribution is 2.29. The number of nitrogens with zero attached hydrogens (tertiary/aromatic N) is 2. The van der Waals surface area contributed by atoms with Gasteiger partial charge in [0.05, 0.1) is 14.4 Å². The van der Waals surface area contributed by atoms with Gasteiger partial charge in [0.2, 0.25) is 0 Å². The maximum atomic E-state index is 5.47. The molecule has 0 saturated carbocycles. The Labute approximate surface area is 107 Å². The van der Waals surface area contributed by atoms with E-state index in [1.807, 2.05) is 18.3 Å². The molecule has 0 atom stereocenters. The number of thiophene rings is 1. The first-order valence-electron chi connectivity index (χ1n) is 5.07. The second kappa shape index (κ2) is 5.52. The number of hydrogen-bond acceptors (Lipinski definition) is 4. The summed E-state index contributed by atoms with van der Waals surface area (Å²) in [6.45, 7) is 0.679. The van der Waals surface area contributed by atoms with Crippen LogP contribution in [0, 0.1) is 0 Å². The molecule has 2 heterocycles. The second-order valence-corrected chi connectivity index (χ2v) is 5.82. The monoisotopic (exact) mass is 297 g/mol. The summed E-state index contributed by atoms with van der Waals surface area (Å²) in [5, 5.41) is 0. The van der Waals surface area contributed by atoms with Gasteiger partial charge in [-0.1, -0.05) is 0 Å². The summed E-state index contributed by atoms with van der Waals surface area (Å²) in [6, 6.07) is 6.02. The summed E-state index contributed by atoms with van der Waals surface area (Å²) < 4.78 is 1.12. The van der Waals surface area contributed by atoms with Crippen molar-refractivity contribution < 1.29 is 0 Å². The summed E-state index contributed by atoms with van der Waals surface area (Å²) in [5.74, 6) is 0.868. The van der Waals surface area contributed by atoms with Crippen molar-refractivity contribution in [3.63, 3.8) is 0 Å². The maximum absolute atomic E-state index is 5.47. The molecule has 0 aliphatic heterocycles. The molecule has 0 radical (unpaired) electrons. The standard InChI is InChI=1S/C11H12BrN3S/c12-10-4-3-9(16-10)8-5-7-14-11(15-8)2-1-6-13/h3-5,7H,1-2,6,13H2. The van der Waals surface area contributed by atoms with Crippen LogP contribution in [0.25, 0.3) is 10.6 Å². The molecule has 2 rings (SSSR count). The van der Waals surface area contributed by atoms with Crippen LogP contribution in [0.2, 0.25) is 0 Å². The van der Waals surface area contributed by atoms with E-state index in [0.29, 0.717) is 6.54 Å². The number of nitrogens with two attached hydrogens (primary N) is 1. The van der Waals surface area contributed by atoms with E-state index in [-0.39, 0.29) is 0 Å². The number of rotatable bonds is 4. The van der Waals surface area contributed by atoms with Gasteiger partial charge in [-0.05, 0) is 47.1 Å². The van der Waals surface area contributed by atoms with Crippen LogP contribution >= 0.6 is 27.3 Å². The highest BCUT2D eigenvalue weighted by molar-refractivity contribution is 9.11. The van der Waals surface area contributed by atoms with Crippen molar-refractivity contribution in [3.8, 4) is 10.6 Å². The van der Waals surface area contributed by atoms with Crippen molar-refractivity contribution in [1.29, 1.82) is 0 Å². The van der Waals surface area contributed by atoms with Crippen LogP contribution in [0.15, 0.2) is 28.2 Å². The lowest BCUT2D eigenvalue weighted by atomic mass is 10.2. The van der Waals surface area contributed by atoms with Crippen LogP contribution < -0.4 is 5.73 Å². The molecule has 0 aliphatic carbocycles. The Morgan fingerprint density at radius 1 is 1.31 bits per heavy atom. The van der Waals surface area contributed by atoms with Gasteiger partial charge >= 0.3 is 0 Å². The molecule has 0 bridgehead atoms. The molecule has 0 unspecified atom stereocenters. The molecule has 84 valence electrons. The fourth-order valence-corrected chi connectivity index (χ4v) is 2.72. The molecule has 5 heteroatoms. The Morgan fingerprint density at radius 3 is 2.88 bits per heavy atom. The first kappa shape index (κ1) is 11.7. The van der Waals surface area contributed by atoms with Crippen molar-refractivity contribution in [3.05, 3.63) is 34.0 Å². The summed E-state index contributed by atoms with van der Waals surface area (Å²) in [4.78, 5) is 9.91. The van der Waals surface area contributed by atoms with E-state index in [0.717, 1.165) is 33.0 Å². The number of hydrogen-bond donors (Lipinski definition) is 1. The Bertz CT molecular complexity index is 470. The summed E-state index contributed by atoms with van der Waals surface area (Å²) >= 11 is 5.12. The zero-order chi connectivity index (χ0) is 11.4. The van der Waals surface area contributed by atoms with Crippen LogP contribution in [0.5, 0.6) is 0 Å². The van der Waals surface area contributed by atoms with E-state index in [1.165, 1.54) is 0 Å². The zero-order valence-electron chi connectivity index (χ0n) is 8.69. The van der Waals surface area contributed by atoms with E-state index in [2.05, 4.69) is 32.0 Å². The fraction of sp³-hybridized carbons (Fsp3) is 0.273. The molecular formula is C11H12BrN3S. The van der Waals surface area contributed by atoms with Crippen molar-refractivity contribution >= 4 is 27.3 Å². The quantitative estimate of drug-likeness (QED) is 0.944. The largest absolute Gasteiger partial charge is 0.330 e. The Morgan fingerprint density at radius 2 is 2.19 bits per heavy atom. The molecular weight excluding hydrogens is 286 g/mol. The van der Waals surface area contributed by atoms with Gasteiger partial charge in [0.15, 0.2) is 0 Å². The summed E-state index contributed by atoms with van der Waals surface area (Å²) in [6.07, 6.45) is 3.58. The lowest BCUT2D eigenvalue weighted by Crippen LogP contribution is -2.03. The predicted octanol–water partition coefficient (Wildman–Crippen LogP) is 2.86. The summed E-state index contributed by atoms with van der Waals surface area (Å²) in [5.41, 5.74) is 6.45. The van der Waals surface area contributed by atoms with E-state index >= 15 is 0 Å². The first-order valence-corrected chi connectivity index (χ1v) is 6.68. The van der Waals surface area contributed by atoms with E-state index in [9.17, 15) is 0 Å². The minimum absolute atomic E-state index is 0.679. The van der Waals surface area contributed by atoms with Crippen LogP contribution in [-0.4, -0.2) is 16.5 Å². The zero-order valence-corrected chi connectivity index (χ0v) is 11.1. The molecule has 0 amide bonds. The maximum Gasteiger partial charge on any atom is 0.129 e. The van der Waals surface area contributed by atoms with Crippen molar-refractivity contribution in [2.24, 2.45) is 5.73 Å². The van der Waals surface area contributed by atoms with Gasteiger partial charge < -0.3 is 5.73 Å². The minimum atomic E-state index is 0.679. The van der Waals surface area contributed by atoms with Crippen LogP contribution in [0.1, 0.15) is 12.2 Å². The fourth-order valence-electron chi connectivity index (χ4n) is 1.37. The Kier molecular flexibility index (Phi) is 4.04. The van der Waals surface area contributed by atoms with Gasteiger partial charge in [-0.2, -0.15) is 0 Å². The molecule has 0 aliphatic rings. The van der Waals surface area contributed by atoms with Gasteiger partial charge in [0.1, 0.15) is 5.82 Å². The van der Waals surface area contributed by atoms with Gasteiger partial charge in [-0.25, -0.2) is 9.97 Å². The lowest BCUT2D eigenvalue weighted by Gasteiger charge is -2.00. The van der Waals surface area contributed by atoms with Crippen molar-refractivity contribution in [2.75, 3.05) is 6.54 Å². The number of halogens is 1. The molecule has 0 aromatic carbocycles. The van der Waals surface area contributed by atoms with E-state index in [1.54, 1.807) is 11.3 Å². The Balaban J connectivity index is 2.22. The molecule has 3 nitrogen and oxygen atoms in total. The first-order chi connectivity index (χ1) is 7.79. The predicted molar refractivity (Wildman–Crippen MR) is 70.4 cm³/mol. The lowest BCUT2D eigenvalue weighted by molar-refractivity contribution is 0.782. The third kappa shape index (κ3) is 2.87. The van der Waals surface area contributed by atoms with Gasteiger partial charge in [-0.15, -0.1) is 11.3 Å². The average Bonchev–Trinajstić information content (AvgIpc) is 2.74. The number of aromatic nitrogens is 2. The van der Waals surface area contributed by atoms with Crippen molar-refractivity contribution in [2.45, 2.75) is 12.8 Å². The summed E-state index contributed by atoms with van der Waals surface area (Å²) in [7, 11) is 0. The minimum Gasteiger partial charge on any atom is -0.330 e. The van der Waals surface area contributed by atoms with Crippen molar-refractivity contribution in [1.82, 2.24) is 9.97 Å². The van der Waals surface area contributed by atoms with E-state index < -0.39 is 0 Å². The van der Waals surface area contributed by atoms with E-state index in [4.69, 9.17) is 5.73 Å². The molecule has 2 N–H and O–H groups in total. The third-order valence-electron chi connectivity index (χ3n) is 2.14. The molecule has 0 spiro atoms. The van der Waals surface area contributed by atoms with Gasteiger partial charge in [-0.3, -0.25) is 0 Å². The van der Waals surface area contributed by atoms with Gasteiger partial charge in [0, 0.05) is 12.6 Å². The van der Waals surface area contributed by atoms with Crippen LogP contribution in [0.3, 0.4) is 0 Å². The highest BCUT2D eigenvalue weighted by Gasteiger charge is 2.04. The smallest absolute Gasteiger partial charge is 0.129 e. The third-order valence-corrected chi connectivity index (χ3v) is 3.78. The Hall–Kier alpha value is -0.780. The van der Waals surface area contributed by atoms with Crippen LogP contribution in [0.4, 0.5) is 0 Å². The van der Waals surface area contributed by atoms with Crippen LogP contribution in [-0.2, 0) is 6.42 Å². The second-order valence-electron chi connectivity index (χ2n) is 3.35. The van der Waals surface area contributed by atoms with Gasteiger partial charge in [0.25, 0.3) is 0 Å². The molecule has 0 fully saturated rings. The molecule has 16 heavy (non-hydrogen) atoms. The average molecular weight is 298 g/mol. The number of aryl methyl sites for hydroxylation is 1. The highest BCUT2D eigenvalue weighted by atomic mass is 79.9. The SMILES string of the molecule is NCCCc1nccc(-c2ccc(Br)s2)n1.